The Kier molecular flexibility index (Phi) is 5.48. The summed E-state index contributed by atoms with van der Waals surface area (Å²) in [7, 11) is 0. The first kappa shape index (κ1) is 18.1. The van der Waals surface area contributed by atoms with Gasteiger partial charge in [-0.3, -0.25) is 14.7 Å². The van der Waals surface area contributed by atoms with Crippen LogP contribution in [0.2, 0.25) is 0 Å². The van der Waals surface area contributed by atoms with Gasteiger partial charge in [-0.15, -0.1) is 0 Å². The Bertz CT molecular complexity index is 778. The number of carbonyl (C=O) groups is 1. The zero-order chi connectivity index (χ0) is 18.6. The summed E-state index contributed by atoms with van der Waals surface area (Å²) in [5.41, 5.74) is 1.65. The fourth-order valence-electron chi connectivity index (χ4n) is 3.98. The molecule has 1 aromatic carbocycles. The first-order chi connectivity index (χ1) is 13.2. The lowest BCUT2D eigenvalue weighted by Crippen LogP contribution is -2.43. The monoisotopic (exact) mass is 367 g/mol. The van der Waals surface area contributed by atoms with Crippen molar-refractivity contribution in [2.75, 3.05) is 13.1 Å². The number of aromatic nitrogens is 1. The molecule has 27 heavy (non-hydrogen) atoms. The lowest BCUT2D eigenvalue weighted by atomic mass is 9.88. The molecule has 1 aliphatic heterocycles. The van der Waals surface area contributed by atoms with Crippen LogP contribution in [-0.2, 0) is 11.3 Å². The van der Waals surface area contributed by atoms with E-state index >= 15 is 0 Å². The predicted molar refractivity (Wildman–Crippen MR) is 102 cm³/mol. The van der Waals surface area contributed by atoms with Crippen molar-refractivity contribution in [3.05, 3.63) is 65.7 Å². The number of hydrogen-bond acceptors (Lipinski definition) is 3. The lowest BCUT2D eigenvalue weighted by Gasteiger charge is -2.37. The van der Waals surface area contributed by atoms with E-state index in [1.54, 1.807) is 12.3 Å². The highest BCUT2D eigenvalue weighted by Crippen LogP contribution is 2.33. The summed E-state index contributed by atoms with van der Waals surface area (Å²) in [4.78, 5) is 19.3. The van der Waals surface area contributed by atoms with Gasteiger partial charge in [0.2, 0.25) is 5.91 Å². The smallest absolute Gasteiger partial charge is 0.223 e. The van der Waals surface area contributed by atoms with Crippen LogP contribution < -0.4 is 5.32 Å². The number of halogens is 1. The first-order valence-electron chi connectivity index (χ1n) is 9.88. The van der Waals surface area contributed by atoms with Crippen LogP contribution in [0.3, 0.4) is 0 Å². The van der Waals surface area contributed by atoms with E-state index in [9.17, 15) is 9.18 Å². The minimum absolute atomic E-state index is 0.0808. The standard InChI is InChI=1S/C22H26FN3O/c23-19-8-2-1-6-17(19)14-26-13-5-7-18(15-26)21(20-9-3-4-12-24-20)25-22(27)16-10-11-16/h1-4,6,8-9,12,16,18,21H,5,7,10-11,13-15H2,(H,25,27)/t18-,21+/m0/s1. The summed E-state index contributed by atoms with van der Waals surface area (Å²) < 4.78 is 14.0. The van der Waals surface area contributed by atoms with Crippen LogP contribution in [0.4, 0.5) is 4.39 Å². The third kappa shape index (κ3) is 4.53. The molecule has 1 saturated carbocycles. The molecule has 1 aliphatic carbocycles. The van der Waals surface area contributed by atoms with E-state index in [-0.39, 0.29) is 29.6 Å². The molecule has 4 rings (SSSR count). The number of rotatable bonds is 6. The Morgan fingerprint density at radius 1 is 1.19 bits per heavy atom. The summed E-state index contributed by atoms with van der Waals surface area (Å²) in [6.45, 7) is 2.39. The number of amides is 1. The molecule has 2 aromatic rings. The van der Waals surface area contributed by atoms with Gasteiger partial charge in [0.25, 0.3) is 0 Å². The molecule has 2 aliphatic rings. The molecule has 5 heteroatoms. The minimum Gasteiger partial charge on any atom is -0.347 e. The summed E-state index contributed by atoms with van der Waals surface area (Å²) >= 11 is 0. The average molecular weight is 367 g/mol. The number of nitrogens with zero attached hydrogens (tertiary/aromatic N) is 2. The molecule has 0 radical (unpaired) electrons. The van der Waals surface area contributed by atoms with Crippen molar-refractivity contribution in [3.8, 4) is 0 Å². The molecule has 1 amide bonds. The van der Waals surface area contributed by atoms with Gasteiger partial charge in [-0.05, 0) is 56.3 Å². The van der Waals surface area contributed by atoms with E-state index in [1.165, 1.54) is 6.07 Å². The van der Waals surface area contributed by atoms with E-state index in [0.717, 1.165) is 50.0 Å². The molecule has 2 atom stereocenters. The van der Waals surface area contributed by atoms with Gasteiger partial charge in [-0.25, -0.2) is 4.39 Å². The molecule has 4 nitrogen and oxygen atoms in total. The quantitative estimate of drug-likeness (QED) is 0.847. The Labute approximate surface area is 159 Å². The number of likely N-dealkylation sites (tertiary alicyclic amines) is 1. The van der Waals surface area contributed by atoms with Gasteiger partial charge in [0, 0.05) is 30.8 Å². The molecule has 0 bridgehead atoms. The zero-order valence-corrected chi connectivity index (χ0v) is 15.5. The Hall–Kier alpha value is -2.27. The van der Waals surface area contributed by atoms with Gasteiger partial charge in [0.15, 0.2) is 0 Å². The highest BCUT2D eigenvalue weighted by atomic mass is 19.1. The molecular weight excluding hydrogens is 341 g/mol. The van der Waals surface area contributed by atoms with E-state index in [2.05, 4.69) is 15.2 Å². The second-order valence-electron chi connectivity index (χ2n) is 7.74. The van der Waals surface area contributed by atoms with Gasteiger partial charge in [-0.1, -0.05) is 24.3 Å². The van der Waals surface area contributed by atoms with Crippen molar-refractivity contribution in [2.45, 2.75) is 38.3 Å². The van der Waals surface area contributed by atoms with Crippen LogP contribution in [0.15, 0.2) is 48.7 Å². The maximum Gasteiger partial charge on any atom is 0.223 e. The lowest BCUT2D eigenvalue weighted by molar-refractivity contribution is -0.123. The third-order valence-corrected chi connectivity index (χ3v) is 5.62. The summed E-state index contributed by atoms with van der Waals surface area (Å²) in [5, 5.41) is 3.26. The summed E-state index contributed by atoms with van der Waals surface area (Å²) in [5.74, 6) is 0.456. The molecule has 0 spiro atoms. The molecule has 0 unspecified atom stereocenters. The largest absolute Gasteiger partial charge is 0.347 e. The molecule has 142 valence electrons. The highest BCUT2D eigenvalue weighted by Gasteiger charge is 2.35. The van der Waals surface area contributed by atoms with Crippen molar-refractivity contribution >= 4 is 5.91 Å². The average Bonchev–Trinajstić information content (AvgIpc) is 3.54. The Morgan fingerprint density at radius 3 is 2.74 bits per heavy atom. The number of carbonyl (C=O) groups excluding carboxylic acids is 1. The van der Waals surface area contributed by atoms with Crippen molar-refractivity contribution in [3.63, 3.8) is 0 Å². The highest BCUT2D eigenvalue weighted by molar-refractivity contribution is 5.81. The van der Waals surface area contributed by atoms with Crippen molar-refractivity contribution < 1.29 is 9.18 Å². The zero-order valence-electron chi connectivity index (χ0n) is 15.5. The normalized spacial score (nSPS) is 21.6. The van der Waals surface area contributed by atoms with E-state index in [0.29, 0.717) is 6.54 Å². The van der Waals surface area contributed by atoms with Gasteiger partial charge >= 0.3 is 0 Å². The van der Waals surface area contributed by atoms with Gasteiger partial charge in [0.05, 0.1) is 11.7 Å². The van der Waals surface area contributed by atoms with Gasteiger partial charge in [0.1, 0.15) is 5.82 Å². The SMILES string of the molecule is O=C(N[C@@H](c1ccccn1)[C@H]1CCCN(Cc2ccccc2F)C1)C1CC1. The number of piperidine rings is 1. The molecular formula is C22H26FN3O. The van der Waals surface area contributed by atoms with Gasteiger partial charge in [-0.2, -0.15) is 0 Å². The predicted octanol–water partition coefficient (Wildman–Crippen LogP) is 3.70. The van der Waals surface area contributed by atoms with E-state index < -0.39 is 0 Å². The third-order valence-electron chi connectivity index (χ3n) is 5.62. The molecule has 2 fully saturated rings. The molecule has 1 N–H and O–H groups in total. The fourth-order valence-corrected chi connectivity index (χ4v) is 3.98. The molecule has 2 heterocycles. The van der Waals surface area contributed by atoms with Crippen LogP contribution >= 0.6 is 0 Å². The van der Waals surface area contributed by atoms with Crippen LogP contribution in [0.5, 0.6) is 0 Å². The summed E-state index contributed by atoms with van der Waals surface area (Å²) in [6, 6.07) is 12.8. The van der Waals surface area contributed by atoms with Crippen LogP contribution in [0.1, 0.15) is 43.0 Å². The summed E-state index contributed by atoms with van der Waals surface area (Å²) in [6.07, 6.45) is 5.85. The second-order valence-corrected chi connectivity index (χ2v) is 7.74. The van der Waals surface area contributed by atoms with Gasteiger partial charge < -0.3 is 5.32 Å². The maximum atomic E-state index is 14.0. The Balaban J connectivity index is 1.49. The number of hydrogen-bond donors (Lipinski definition) is 1. The second kappa shape index (κ2) is 8.17. The topological polar surface area (TPSA) is 45.2 Å². The van der Waals surface area contributed by atoms with E-state index in [4.69, 9.17) is 0 Å². The fraction of sp³-hybridized carbons (Fsp3) is 0.455. The molecule has 1 aromatic heterocycles. The number of pyridine rings is 1. The van der Waals surface area contributed by atoms with Crippen molar-refractivity contribution in [1.82, 2.24) is 15.2 Å². The number of nitrogens with one attached hydrogen (secondary N) is 1. The minimum atomic E-state index is -0.150. The van der Waals surface area contributed by atoms with Crippen LogP contribution in [0, 0.1) is 17.7 Å². The Morgan fingerprint density at radius 2 is 2.00 bits per heavy atom. The van der Waals surface area contributed by atoms with Crippen molar-refractivity contribution in [2.24, 2.45) is 11.8 Å². The molecule has 1 saturated heterocycles. The van der Waals surface area contributed by atoms with Crippen molar-refractivity contribution in [1.29, 1.82) is 0 Å². The van der Waals surface area contributed by atoms with Crippen LogP contribution in [0.25, 0.3) is 0 Å². The van der Waals surface area contributed by atoms with Crippen LogP contribution in [-0.4, -0.2) is 28.9 Å². The first-order valence-corrected chi connectivity index (χ1v) is 9.88. The number of benzene rings is 1. The maximum absolute atomic E-state index is 14.0. The van der Waals surface area contributed by atoms with E-state index in [1.807, 2.05) is 30.3 Å².